The first kappa shape index (κ1) is 23.8. The second-order valence-corrected chi connectivity index (χ2v) is 9.42. The fourth-order valence-corrected chi connectivity index (χ4v) is 4.77. The molecule has 3 heteroatoms. The van der Waals surface area contributed by atoms with Crippen LogP contribution in [0.4, 0.5) is 0 Å². The Kier molecular flexibility index (Phi) is 10.3. The Morgan fingerprint density at radius 1 is 0.774 bits per heavy atom. The van der Waals surface area contributed by atoms with Crippen LogP contribution in [-0.4, -0.2) is 16.6 Å². The Morgan fingerprint density at radius 3 is 2.00 bits per heavy atom. The average Bonchev–Trinajstić information content (AvgIpc) is 2.82. The third-order valence-electron chi connectivity index (χ3n) is 6.84. The van der Waals surface area contributed by atoms with Crippen molar-refractivity contribution in [2.24, 2.45) is 11.8 Å². The lowest BCUT2D eigenvalue weighted by molar-refractivity contribution is 0.228. The van der Waals surface area contributed by atoms with Gasteiger partial charge in [0.2, 0.25) is 0 Å². The highest BCUT2D eigenvalue weighted by Crippen LogP contribution is 2.34. The second-order valence-electron chi connectivity index (χ2n) is 9.42. The van der Waals surface area contributed by atoms with Crippen LogP contribution < -0.4 is 4.74 Å². The van der Waals surface area contributed by atoms with Gasteiger partial charge in [0, 0.05) is 18.0 Å². The lowest BCUT2D eigenvalue weighted by atomic mass is 9.78. The number of benzene rings is 1. The van der Waals surface area contributed by atoms with Crippen molar-refractivity contribution in [2.75, 3.05) is 6.61 Å². The van der Waals surface area contributed by atoms with Crippen molar-refractivity contribution in [1.82, 2.24) is 9.97 Å². The Balaban J connectivity index is 1.33. The second kappa shape index (κ2) is 13.5. The standard InChI is InChI=1S/C28H42N2O/c1-3-5-7-10-23-12-14-24(15-13-23)11-8-20-31-27-18-16-26(17-19-27)28-29-21-25(22-30-28)9-6-4-2/h16-19,21-24H,3-15,20H2,1-2H3/t23-,24-. The number of ether oxygens (including phenoxy) is 1. The van der Waals surface area contributed by atoms with Crippen molar-refractivity contribution >= 4 is 0 Å². The summed E-state index contributed by atoms with van der Waals surface area (Å²) in [6.45, 7) is 5.33. The fourth-order valence-electron chi connectivity index (χ4n) is 4.77. The molecule has 0 saturated heterocycles. The summed E-state index contributed by atoms with van der Waals surface area (Å²) in [5.74, 6) is 3.67. The molecular formula is C28H42N2O. The minimum atomic E-state index is 0.789. The normalized spacial score (nSPS) is 18.8. The molecule has 1 aromatic carbocycles. The summed E-state index contributed by atoms with van der Waals surface area (Å²) < 4.78 is 6.00. The van der Waals surface area contributed by atoms with Gasteiger partial charge >= 0.3 is 0 Å². The predicted octanol–water partition coefficient (Wildman–Crippen LogP) is 8.03. The minimum absolute atomic E-state index is 0.789. The summed E-state index contributed by atoms with van der Waals surface area (Å²) >= 11 is 0. The Bertz CT molecular complexity index is 718. The van der Waals surface area contributed by atoms with Gasteiger partial charge in [-0.2, -0.15) is 0 Å². The molecule has 1 fully saturated rings. The zero-order chi connectivity index (χ0) is 21.7. The molecule has 0 aliphatic heterocycles. The maximum atomic E-state index is 6.00. The molecule has 0 atom stereocenters. The van der Waals surface area contributed by atoms with E-state index >= 15 is 0 Å². The number of nitrogens with zero attached hydrogens (tertiary/aromatic N) is 2. The van der Waals surface area contributed by atoms with Crippen molar-refractivity contribution in [3.05, 3.63) is 42.2 Å². The zero-order valence-corrected chi connectivity index (χ0v) is 19.8. The highest BCUT2D eigenvalue weighted by molar-refractivity contribution is 5.55. The number of hydrogen-bond acceptors (Lipinski definition) is 3. The summed E-state index contributed by atoms with van der Waals surface area (Å²) in [5, 5.41) is 0. The summed E-state index contributed by atoms with van der Waals surface area (Å²) in [6.07, 6.45) is 21.3. The van der Waals surface area contributed by atoms with Crippen LogP contribution in [-0.2, 0) is 6.42 Å². The molecule has 1 aliphatic carbocycles. The molecule has 1 saturated carbocycles. The Hall–Kier alpha value is -1.90. The van der Waals surface area contributed by atoms with E-state index in [4.69, 9.17) is 4.74 Å². The number of rotatable bonds is 13. The molecule has 3 nitrogen and oxygen atoms in total. The maximum absolute atomic E-state index is 6.00. The summed E-state index contributed by atoms with van der Waals surface area (Å²) in [4.78, 5) is 9.07. The average molecular weight is 423 g/mol. The van der Waals surface area contributed by atoms with E-state index in [2.05, 4.69) is 35.9 Å². The molecule has 31 heavy (non-hydrogen) atoms. The lowest BCUT2D eigenvalue weighted by Crippen LogP contribution is -2.15. The quantitative estimate of drug-likeness (QED) is 0.306. The minimum Gasteiger partial charge on any atom is -0.494 e. The molecule has 0 N–H and O–H groups in total. The van der Waals surface area contributed by atoms with E-state index in [1.807, 2.05) is 24.5 Å². The van der Waals surface area contributed by atoms with Gasteiger partial charge in [-0.15, -0.1) is 0 Å². The monoisotopic (exact) mass is 422 g/mol. The number of aryl methyl sites for hydroxylation is 1. The zero-order valence-electron chi connectivity index (χ0n) is 19.8. The van der Waals surface area contributed by atoms with E-state index in [0.717, 1.165) is 48.4 Å². The van der Waals surface area contributed by atoms with E-state index in [1.165, 1.54) is 76.2 Å². The van der Waals surface area contributed by atoms with Crippen LogP contribution in [0.15, 0.2) is 36.7 Å². The first-order valence-corrected chi connectivity index (χ1v) is 12.8. The molecule has 1 heterocycles. The van der Waals surface area contributed by atoms with Gasteiger partial charge in [0.25, 0.3) is 0 Å². The van der Waals surface area contributed by atoms with Gasteiger partial charge in [-0.1, -0.05) is 71.6 Å². The van der Waals surface area contributed by atoms with Crippen LogP contribution in [0.1, 0.15) is 96.5 Å². The van der Waals surface area contributed by atoms with Gasteiger partial charge in [-0.05, 0) is 67.3 Å². The lowest BCUT2D eigenvalue weighted by Gasteiger charge is -2.28. The highest BCUT2D eigenvalue weighted by Gasteiger charge is 2.20. The molecule has 0 amide bonds. The molecule has 0 bridgehead atoms. The molecule has 2 aromatic rings. The SMILES string of the molecule is CCCCC[C@H]1CC[C@H](CCCOc2ccc(-c3ncc(CCCC)cn3)cc2)CC1. The molecule has 3 rings (SSSR count). The van der Waals surface area contributed by atoms with Crippen molar-refractivity contribution < 1.29 is 4.74 Å². The van der Waals surface area contributed by atoms with Crippen LogP contribution in [0.2, 0.25) is 0 Å². The van der Waals surface area contributed by atoms with Gasteiger partial charge < -0.3 is 4.74 Å². The number of unbranched alkanes of at least 4 members (excludes halogenated alkanes) is 3. The Morgan fingerprint density at radius 2 is 1.39 bits per heavy atom. The van der Waals surface area contributed by atoms with Gasteiger partial charge in [-0.3, -0.25) is 0 Å². The van der Waals surface area contributed by atoms with Crippen molar-refractivity contribution in [3.63, 3.8) is 0 Å². The summed E-state index contributed by atoms with van der Waals surface area (Å²) in [6, 6.07) is 8.22. The molecule has 1 aliphatic rings. The molecule has 0 unspecified atom stereocenters. The van der Waals surface area contributed by atoms with E-state index in [1.54, 1.807) is 0 Å². The number of aromatic nitrogens is 2. The van der Waals surface area contributed by atoms with Crippen LogP contribution in [0.3, 0.4) is 0 Å². The van der Waals surface area contributed by atoms with Crippen LogP contribution >= 0.6 is 0 Å². The predicted molar refractivity (Wildman–Crippen MR) is 130 cm³/mol. The first-order valence-electron chi connectivity index (χ1n) is 12.8. The van der Waals surface area contributed by atoms with Crippen molar-refractivity contribution in [3.8, 4) is 17.1 Å². The Labute approximate surface area is 190 Å². The molecule has 1 aromatic heterocycles. The maximum Gasteiger partial charge on any atom is 0.159 e. The van der Waals surface area contributed by atoms with Crippen LogP contribution in [0.25, 0.3) is 11.4 Å². The molecule has 0 radical (unpaired) electrons. The van der Waals surface area contributed by atoms with E-state index in [9.17, 15) is 0 Å². The fraction of sp³-hybridized carbons (Fsp3) is 0.643. The third-order valence-corrected chi connectivity index (χ3v) is 6.84. The van der Waals surface area contributed by atoms with Gasteiger partial charge in [0.15, 0.2) is 5.82 Å². The van der Waals surface area contributed by atoms with Gasteiger partial charge in [-0.25, -0.2) is 9.97 Å². The van der Waals surface area contributed by atoms with Gasteiger partial charge in [0.1, 0.15) is 5.75 Å². The number of hydrogen-bond donors (Lipinski definition) is 0. The third kappa shape index (κ3) is 8.27. The van der Waals surface area contributed by atoms with Crippen molar-refractivity contribution in [1.29, 1.82) is 0 Å². The summed E-state index contributed by atoms with van der Waals surface area (Å²) in [7, 11) is 0. The summed E-state index contributed by atoms with van der Waals surface area (Å²) in [5.41, 5.74) is 2.26. The van der Waals surface area contributed by atoms with Gasteiger partial charge in [0.05, 0.1) is 6.61 Å². The van der Waals surface area contributed by atoms with Crippen LogP contribution in [0, 0.1) is 11.8 Å². The molecular weight excluding hydrogens is 380 g/mol. The highest BCUT2D eigenvalue weighted by atomic mass is 16.5. The largest absolute Gasteiger partial charge is 0.494 e. The molecule has 170 valence electrons. The van der Waals surface area contributed by atoms with Crippen molar-refractivity contribution in [2.45, 2.75) is 97.3 Å². The molecule has 0 spiro atoms. The van der Waals surface area contributed by atoms with E-state index in [0.29, 0.717) is 0 Å². The van der Waals surface area contributed by atoms with Crippen LogP contribution in [0.5, 0.6) is 5.75 Å². The smallest absolute Gasteiger partial charge is 0.159 e. The topological polar surface area (TPSA) is 35.0 Å². The van der Waals surface area contributed by atoms with E-state index < -0.39 is 0 Å². The van der Waals surface area contributed by atoms with E-state index in [-0.39, 0.29) is 0 Å². The first-order chi connectivity index (χ1) is 15.3.